The molecule has 138 valence electrons. The molecule has 2 N–H and O–H groups in total. The van der Waals surface area contributed by atoms with Crippen molar-refractivity contribution in [1.82, 2.24) is 10.6 Å². The van der Waals surface area contributed by atoms with Gasteiger partial charge in [-0.2, -0.15) is 0 Å². The number of nitrogens with one attached hydrogen (secondary N) is 2. The molecule has 26 heavy (non-hydrogen) atoms. The maximum Gasteiger partial charge on any atom is 0.341 e. The summed E-state index contributed by atoms with van der Waals surface area (Å²) in [5.41, 5.74) is 2.06. The quantitative estimate of drug-likeness (QED) is 0.696. The van der Waals surface area contributed by atoms with Crippen molar-refractivity contribution in [2.75, 3.05) is 14.2 Å². The van der Waals surface area contributed by atoms with Crippen molar-refractivity contribution >= 4 is 27.9 Å². The Labute approximate surface area is 161 Å². The zero-order valence-electron chi connectivity index (χ0n) is 14.8. The lowest BCUT2D eigenvalue weighted by Crippen LogP contribution is -2.36. The van der Waals surface area contributed by atoms with Gasteiger partial charge in [-0.05, 0) is 36.2 Å². The number of amides is 2. The van der Waals surface area contributed by atoms with E-state index in [1.807, 2.05) is 31.2 Å². The molecule has 0 aliphatic carbocycles. The largest absolute Gasteiger partial charge is 0.496 e. The Balaban J connectivity index is 1.99. The zero-order valence-corrected chi connectivity index (χ0v) is 16.4. The van der Waals surface area contributed by atoms with E-state index in [1.54, 1.807) is 18.2 Å². The van der Waals surface area contributed by atoms with Crippen molar-refractivity contribution in [3.8, 4) is 5.75 Å². The molecule has 0 saturated heterocycles. The number of rotatable bonds is 6. The molecule has 2 amide bonds. The van der Waals surface area contributed by atoms with Gasteiger partial charge in [-0.3, -0.25) is 0 Å². The van der Waals surface area contributed by atoms with Gasteiger partial charge in [0, 0.05) is 11.0 Å². The van der Waals surface area contributed by atoms with Gasteiger partial charge in [0.1, 0.15) is 11.3 Å². The van der Waals surface area contributed by atoms with Crippen molar-refractivity contribution in [2.24, 2.45) is 0 Å². The molecule has 0 aliphatic heterocycles. The van der Waals surface area contributed by atoms with Crippen molar-refractivity contribution in [3.05, 3.63) is 63.6 Å². The summed E-state index contributed by atoms with van der Waals surface area (Å²) in [4.78, 5) is 24.0. The molecule has 0 aromatic heterocycles. The van der Waals surface area contributed by atoms with Crippen LogP contribution in [-0.2, 0) is 11.3 Å². The summed E-state index contributed by atoms with van der Waals surface area (Å²) >= 11 is 3.48. The average molecular weight is 421 g/mol. The van der Waals surface area contributed by atoms with Crippen LogP contribution < -0.4 is 15.4 Å². The van der Waals surface area contributed by atoms with Crippen LogP contribution in [0.25, 0.3) is 0 Å². The molecule has 6 nitrogen and oxygen atoms in total. The Bertz CT molecular complexity index is 795. The second kappa shape index (κ2) is 9.24. The first kappa shape index (κ1) is 19.8. The Morgan fingerprint density at radius 1 is 1.15 bits per heavy atom. The van der Waals surface area contributed by atoms with Gasteiger partial charge in [-0.25, -0.2) is 9.59 Å². The number of carbonyl (C=O) groups excluding carboxylic acids is 2. The molecule has 2 rings (SSSR count). The molecule has 0 heterocycles. The van der Waals surface area contributed by atoms with Crippen molar-refractivity contribution < 1.29 is 19.1 Å². The number of urea groups is 1. The molecule has 7 heteroatoms. The van der Waals surface area contributed by atoms with E-state index in [9.17, 15) is 9.59 Å². The number of hydrogen-bond donors (Lipinski definition) is 2. The number of carbonyl (C=O) groups is 2. The Hall–Kier alpha value is -2.54. The van der Waals surface area contributed by atoms with E-state index in [4.69, 9.17) is 9.47 Å². The van der Waals surface area contributed by atoms with Crippen LogP contribution in [0.4, 0.5) is 4.79 Å². The minimum absolute atomic E-state index is 0.160. The Morgan fingerprint density at radius 3 is 2.54 bits per heavy atom. The van der Waals surface area contributed by atoms with Crippen LogP contribution in [0.3, 0.4) is 0 Å². The highest BCUT2D eigenvalue weighted by molar-refractivity contribution is 9.10. The van der Waals surface area contributed by atoms with Crippen molar-refractivity contribution in [2.45, 2.75) is 19.5 Å². The third kappa shape index (κ3) is 4.98. The Morgan fingerprint density at radius 2 is 1.88 bits per heavy atom. The molecule has 0 aliphatic rings. The second-order valence-corrected chi connectivity index (χ2v) is 6.45. The summed E-state index contributed by atoms with van der Waals surface area (Å²) in [6, 6.07) is 12.3. The molecule has 0 bridgehead atoms. The maximum atomic E-state index is 12.2. The minimum atomic E-state index is -0.490. The minimum Gasteiger partial charge on any atom is -0.496 e. The van der Waals surface area contributed by atoms with Gasteiger partial charge in [0.25, 0.3) is 0 Å². The normalized spacial score (nSPS) is 11.4. The third-order valence-corrected chi connectivity index (χ3v) is 4.56. The van der Waals surface area contributed by atoms with Crippen molar-refractivity contribution in [3.63, 3.8) is 0 Å². The fourth-order valence-corrected chi connectivity index (χ4v) is 3.10. The molecular weight excluding hydrogens is 400 g/mol. The smallest absolute Gasteiger partial charge is 0.341 e. The van der Waals surface area contributed by atoms with Crippen LogP contribution in [0.2, 0.25) is 0 Å². The lowest BCUT2D eigenvalue weighted by atomic mass is 10.1. The number of methoxy groups -OCH3 is 2. The van der Waals surface area contributed by atoms with E-state index < -0.39 is 5.97 Å². The predicted molar refractivity (Wildman–Crippen MR) is 102 cm³/mol. The highest BCUT2D eigenvalue weighted by Crippen LogP contribution is 2.23. The van der Waals surface area contributed by atoms with Crippen LogP contribution in [-0.4, -0.2) is 26.2 Å². The fraction of sp³-hybridized carbons (Fsp3) is 0.263. The van der Waals surface area contributed by atoms with Crippen LogP contribution in [0, 0.1) is 0 Å². The molecule has 0 fully saturated rings. The van der Waals surface area contributed by atoms with Gasteiger partial charge in [-0.15, -0.1) is 0 Å². The van der Waals surface area contributed by atoms with Crippen LogP contribution in [0.1, 0.15) is 34.5 Å². The lowest BCUT2D eigenvalue weighted by molar-refractivity contribution is 0.0597. The maximum absolute atomic E-state index is 12.2. The highest BCUT2D eigenvalue weighted by atomic mass is 79.9. The molecule has 0 radical (unpaired) electrons. The lowest BCUT2D eigenvalue weighted by Gasteiger charge is -2.16. The Kier molecular flexibility index (Phi) is 7.03. The van der Waals surface area contributed by atoms with Gasteiger partial charge in [0.15, 0.2) is 0 Å². The van der Waals surface area contributed by atoms with E-state index in [0.29, 0.717) is 11.3 Å². The van der Waals surface area contributed by atoms with E-state index >= 15 is 0 Å². The monoisotopic (exact) mass is 420 g/mol. The molecule has 0 spiro atoms. The topological polar surface area (TPSA) is 76.7 Å². The number of benzene rings is 2. The van der Waals surface area contributed by atoms with E-state index in [2.05, 4.69) is 26.6 Å². The standard InChI is InChI=1S/C19H21BrN2O4/c1-12(14-6-4-5-7-16(14)20)22-19(24)21-11-13-8-9-17(25-2)15(10-13)18(23)26-3/h4-10,12H,11H2,1-3H3,(H2,21,22,24)/t12-/m0/s1. The molecule has 0 unspecified atom stereocenters. The third-order valence-electron chi connectivity index (χ3n) is 3.84. The number of esters is 1. The molecule has 2 aromatic rings. The fourth-order valence-electron chi connectivity index (χ4n) is 2.47. The van der Waals surface area contributed by atoms with Gasteiger partial charge in [0.05, 0.1) is 20.3 Å². The van der Waals surface area contributed by atoms with Gasteiger partial charge >= 0.3 is 12.0 Å². The first-order valence-corrected chi connectivity index (χ1v) is 8.79. The average Bonchev–Trinajstić information content (AvgIpc) is 2.65. The van der Waals surface area contributed by atoms with Gasteiger partial charge in [0.2, 0.25) is 0 Å². The molecule has 1 atom stereocenters. The summed E-state index contributed by atoms with van der Waals surface area (Å²) in [6.07, 6.45) is 0. The van der Waals surface area contributed by atoms with Gasteiger partial charge in [-0.1, -0.05) is 40.2 Å². The summed E-state index contributed by atoms with van der Waals surface area (Å²) in [6.45, 7) is 2.17. The summed E-state index contributed by atoms with van der Waals surface area (Å²) in [7, 11) is 2.79. The highest BCUT2D eigenvalue weighted by Gasteiger charge is 2.15. The van der Waals surface area contributed by atoms with Crippen LogP contribution in [0.5, 0.6) is 5.75 Å². The summed E-state index contributed by atoms with van der Waals surface area (Å²) in [5, 5.41) is 5.66. The second-order valence-electron chi connectivity index (χ2n) is 5.60. The first-order chi connectivity index (χ1) is 12.5. The predicted octanol–water partition coefficient (Wildman–Crippen LogP) is 3.80. The van der Waals surface area contributed by atoms with E-state index in [-0.39, 0.29) is 18.6 Å². The number of hydrogen-bond acceptors (Lipinski definition) is 4. The van der Waals surface area contributed by atoms with Gasteiger partial charge < -0.3 is 20.1 Å². The summed E-state index contributed by atoms with van der Waals surface area (Å²) < 4.78 is 10.8. The first-order valence-electron chi connectivity index (χ1n) is 8.00. The number of halogens is 1. The molecular formula is C19H21BrN2O4. The van der Waals surface area contributed by atoms with E-state index in [1.165, 1.54) is 14.2 Å². The zero-order chi connectivity index (χ0) is 19.1. The van der Waals surface area contributed by atoms with Crippen molar-refractivity contribution in [1.29, 1.82) is 0 Å². The van der Waals surface area contributed by atoms with Crippen LogP contribution >= 0.6 is 15.9 Å². The SMILES string of the molecule is COC(=O)c1cc(CNC(=O)N[C@@H](C)c2ccccc2Br)ccc1OC. The summed E-state index contributed by atoms with van der Waals surface area (Å²) in [5.74, 6) is -0.0664. The molecule has 2 aromatic carbocycles. The molecule has 0 saturated carbocycles. The van der Waals surface area contributed by atoms with E-state index in [0.717, 1.165) is 15.6 Å². The number of ether oxygens (including phenoxy) is 2. The van der Waals surface area contributed by atoms with Crippen LogP contribution in [0.15, 0.2) is 46.9 Å².